The summed E-state index contributed by atoms with van der Waals surface area (Å²) in [7, 11) is 0. The smallest absolute Gasteiger partial charge is 0.0215 e. The van der Waals surface area contributed by atoms with Crippen LogP contribution in [0.25, 0.3) is 0 Å². The van der Waals surface area contributed by atoms with E-state index in [1.165, 1.54) is 0 Å². The number of hydrogen-bond acceptors (Lipinski definition) is 0. The van der Waals surface area contributed by atoms with Crippen LogP contribution in [0.1, 0.15) is 6.42 Å². The van der Waals surface area contributed by atoms with Crippen molar-refractivity contribution in [2.24, 2.45) is 0 Å². The van der Waals surface area contributed by atoms with Gasteiger partial charge in [-0.15, -0.1) is 6.58 Å². The van der Waals surface area contributed by atoms with E-state index in [2.05, 4.69) is 29.1 Å². The molecule has 0 N–H and O–H groups in total. The highest BCUT2D eigenvalue weighted by Gasteiger charge is 1.79. The van der Waals surface area contributed by atoms with Crippen LogP contribution >= 0.6 is 15.9 Å². The summed E-state index contributed by atoms with van der Waals surface area (Å²) in [5.41, 5.74) is 1.10. The molecule has 0 aliphatic carbocycles. The van der Waals surface area contributed by atoms with Gasteiger partial charge in [0.25, 0.3) is 0 Å². The van der Waals surface area contributed by atoms with Gasteiger partial charge < -0.3 is 0 Å². The quantitative estimate of drug-likeness (QED) is 0.360. The van der Waals surface area contributed by atoms with Crippen LogP contribution in [0.2, 0.25) is 0 Å². The van der Waals surface area contributed by atoms with Gasteiger partial charge in [0.15, 0.2) is 0 Å². The molecule has 0 aliphatic heterocycles. The molecule has 0 saturated heterocycles. The van der Waals surface area contributed by atoms with Crippen molar-refractivity contribution in [3.8, 4) is 0 Å². The molecule has 0 rings (SSSR count). The Morgan fingerprint density at radius 3 is 2.67 bits per heavy atom. The third-order valence-electron chi connectivity index (χ3n) is 0.849. The second-order valence-corrected chi connectivity index (χ2v) is 2.36. The summed E-state index contributed by atoms with van der Waals surface area (Å²) in [5.74, 6) is 0. The molecular formula is C8H11Br. The van der Waals surface area contributed by atoms with Crippen molar-refractivity contribution in [1.29, 1.82) is 0 Å². The maximum Gasteiger partial charge on any atom is 0.0215 e. The van der Waals surface area contributed by atoms with Gasteiger partial charge in [-0.1, -0.05) is 46.3 Å². The van der Waals surface area contributed by atoms with E-state index < -0.39 is 0 Å². The minimum atomic E-state index is 0.878. The molecular weight excluding hydrogens is 176 g/mol. The first-order chi connectivity index (χ1) is 4.31. The molecule has 0 saturated carbocycles. The largest absolute Gasteiger partial charge is 0.103 e. The van der Waals surface area contributed by atoms with Gasteiger partial charge in [0.2, 0.25) is 0 Å². The van der Waals surface area contributed by atoms with E-state index in [9.17, 15) is 0 Å². The monoisotopic (exact) mass is 186 g/mol. The highest BCUT2D eigenvalue weighted by Crippen LogP contribution is 1.99. The Bertz CT molecular complexity index is 123. The molecule has 0 bridgehead atoms. The minimum absolute atomic E-state index is 0.878. The zero-order valence-electron chi connectivity index (χ0n) is 5.44. The molecule has 9 heavy (non-hydrogen) atoms. The SMILES string of the molecule is C=CCC(=C)/C=C\CBr. The summed E-state index contributed by atoms with van der Waals surface area (Å²) >= 11 is 3.28. The minimum Gasteiger partial charge on any atom is -0.103 e. The number of alkyl halides is 1. The average Bonchev–Trinajstić information content (AvgIpc) is 1.85. The molecule has 0 aromatic rings. The van der Waals surface area contributed by atoms with Crippen LogP contribution in [-0.4, -0.2) is 5.33 Å². The molecule has 0 spiro atoms. The highest BCUT2D eigenvalue weighted by molar-refractivity contribution is 9.09. The number of rotatable bonds is 4. The van der Waals surface area contributed by atoms with Crippen LogP contribution in [0, 0.1) is 0 Å². The van der Waals surface area contributed by atoms with E-state index >= 15 is 0 Å². The van der Waals surface area contributed by atoms with Gasteiger partial charge in [0, 0.05) is 5.33 Å². The zero-order valence-corrected chi connectivity index (χ0v) is 7.02. The number of hydrogen-bond donors (Lipinski definition) is 0. The molecule has 0 radical (unpaired) electrons. The first kappa shape index (κ1) is 8.70. The molecule has 0 heterocycles. The van der Waals surface area contributed by atoms with E-state index in [-0.39, 0.29) is 0 Å². The Kier molecular flexibility index (Phi) is 5.64. The van der Waals surface area contributed by atoms with Crippen molar-refractivity contribution in [3.63, 3.8) is 0 Å². The fraction of sp³-hybridized carbons (Fsp3) is 0.250. The zero-order chi connectivity index (χ0) is 7.11. The Balaban J connectivity index is 3.49. The molecule has 0 fully saturated rings. The van der Waals surface area contributed by atoms with Crippen LogP contribution in [0.5, 0.6) is 0 Å². The summed E-state index contributed by atoms with van der Waals surface area (Å²) in [6.45, 7) is 7.41. The van der Waals surface area contributed by atoms with Crippen LogP contribution in [0.4, 0.5) is 0 Å². The van der Waals surface area contributed by atoms with E-state index in [1.807, 2.05) is 18.2 Å². The highest BCUT2D eigenvalue weighted by atomic mass is 79.9. The van der Waals surface area contributed by atoms with E-state index in [0.717, 1.165) is 17.3 Å². The first-order valence-corrected chi connectivity index (χ1v) is 3.94. The Morgan fingerprint density at radius 2 is 2.22 bits per heavy atom. The van der Waals surface area contributed by atoms with Crippen molar-refractivity contribution in [3.05, 3.63) is 37.0 Å². The van der Waals surface area contributed by atoms with Gasteiger partial charge in [-0.05, 0) is 6.42 Å². The normalized spacial score (nSPS) is 9.89. The maximum atomic E-state index is 3.80. The molecule has 50 valence electrons. The van der Waals surface area contributed by atoms with Crippen molar-refractivity contribution >= 4 is 15.9 Å². The maximum absolute atomic E-state index is 3.80. The lowest BCUT2D eigenvalue weighted by molar-refractivity contribution is 1.31. The van der Waals surface area contributed by atoms with E-state index in [0.29, 0.717) is 0 Å². The Labute approximate surface area is 65.1 Å². The van der Waals surface area contributed by atoms with E-state index in [4.69, 9.17) is 0 Å². The van der Waals surface area contributed by atoms with Crippen molar-refractivity contribution in [2.75, 3.05) is 5.33 Å². The molecule has 0 aromatic heterocycles. The van der Waals surface area contributed by atoms with Crippen LogP contribution in [0.15, 0.2) is 37.0 Å². The lowest BCUT2D eigenvalue weighted by Crippen LogP contribution is -1.70. The summed E-state index contributed by atoms with van der Waals surface area (Å²) < 4.78 is 0. The average molecular weight is 187 g/mol. The molecule has 0 atom stereocenters. The third kappa shape index (κ3) is 5.57. The van der Waals surface area contributed by atoms with Gasteiger partial charge in [-0.25, -0.2) is 0 Å². The number of allylic oxidation sites excluding steroid dienone is 4. The first-order valence-electron chi connectivity index (χ1n) is 2.82. The van der Waals surface area contributed by atoms with Crippen molar-refractivity contribution < 1.29 is 0 Å². The van der Waals surface area contributed by atoms with Gasteiger partial charge >= 0.3 is 0 Å². The molecule has 0 aliphatic rings. The fourth-order valence-corrected chi connectivity index (χ4v) is 0.652. The van der Waals surface area contributed by atoms with Crippen LogP contribution in [-0.2, 0) is 0 Å². The van der Waals surface area contributed by atoms with Crippen LogP contribution in [0.3, 0.4) is 0 Å². The predicted molar refractivity (Wildman–Crippen MR) is 46.9 cm³/mol. The van der Waals surface area contributed by atoms with Crippen LogP contribution < -0.4 is 0 Å². The fourth-order valence-electron chi connectivity index (χ4n) is 0.465. The molecule has 1 heteroatoms. The van der Waals surface area contributed by atoms with Gasteiger partial charge in [-0.2, -0.15) is 0 Å². The molecule has 0 amide bonds. The molecule has 0 nitrogen and oxygen atoms in total. The van der Waals surface area contributed by atoms with Gasteiger partial charge in [0.05, 0.1) is 0 Å². The Morgan fingerprint density at radius 1 is 1.56 bits per heavy atom. The van der Waals surface area contributed by atoms with Gasteiger partial charge in [-0.3, -0.25) is 0 Å². The summed E-state index contributed by atoms with van der Waals surface area (Å²) in [4.78, 5) is 0. The second-order valence-electron chi connectivity index (χ2n) is 1.71. The summed E-state index contributed by atoms with van der Waals surface area (Å²) in [6.07, 6.45) is 6.74. The summed E-state index contributed by atoms with van der Waals surface area (Å²) in [5, 5.41) is 0.892. The van der Waals surface area contributed by atoms with Gasteiger partial charge in [0.1, 0.15) is 0 Å². The molecule has 0 unspecified atom stereocenters. The second kappa shape index (κ2) is 5.83. The van der Waals surface area contributed by atoms with E-state index in [1.54, 1.807) is 0 Å². The standard InChI is InChI=1S/C8H11Br/c1-3-5-8(2)6-4-7-9/h3-4,6H,1-2,5,7H2/b6-4-. The lowest BCUT2D eigenvalue weighted by atomic mass is 10.2. The lowest BCUT2D eigenvalue weighted by Gasteiger charge is -1.89. The Hall–Kier alpha value is -0.300. The van der Waals surface area contributed by atoms with Crippen molar-refractivity contribution in [1.82, 2.24) is 0 Å². The molecule has 0 aromatic carbocycles. The predicted octanol–water partition coefficient (Wildman–Crippen LogP) is 3.07. The third-order valence-corrected chi connectivity index (χ3v) is 1.22. The summed E-state index contributed by atoms with van der Waals surface area (Å²) in [6, 6.07) is 0. The number of halogens is 1. The topological polar surface area (TPSA) is 0 Å². The van der Waals surface area contributed by atoms with Crippen molar-refractivity contribution in [2.45, 2.75) is 6.42 Å².